The van der Waals surface area contributed by atoms with Crippen molar-refractivity contribution in [3.63, 3.8) is 0 Å². The number of allylic oxidation sites excluding steroid dienone is 2. The van der Waals surface area contributed by atoms with Crippen molar-refractivity contribution in [1.82, 2.24) is 5.32 Å². The smallest absolute Gasteiger partial charge is 0.0417 e. The highest BCUT2D eigenvalue weighted by Crippen LogP contribution is 2.20. The Morgan fingerprint density at radius 1 is 1.57 bits per heavy atom. The molecule has 0 saturated heterocycles. The van der Waals surface area contributed by atoms with Crippen LogP contribution in [0.25, 0.3) is 0 Å². The van der Waals surface area contributed by atoms with Gasteiger partial charge < -0.3 is 11.1 Å². The van der Waals surface area contributed by atoms with Crippen LogP contribution in [-0.2, 0) is 0 Å². The van der Waals surface area contributed by atoms with Crippen LogP contribution < -0.4 is 11.1 Å². The van der Waals surface area contributed by atoms with Gasteiger partial charge in [-0.3, -0.25) is 0 Å². The maximum Gasteiger partial charge on any atom is 0.0417 e. The van der Waals surface area contributed by atoms with Gasteiger partial charge in [-0.25, -0.2) is 0 Å². The lowest BCUT2D eigenvalue weighted by Crippen LogP contribution is -2.34. The van der Waals surface area contributed by atoms with Crippen molar-refractivity contribution in [3.8, 4) is 11.8 Å². The lowest BCUT2D eigenvalue weighted by molar-refractivity contribution is 0.400. The van der Waals surface area contributed by atoms with E-state index in [1.54, 1.807) is 0 Å². The van der Waals surface area contributed by atoms with E-state index in [1.165, 1.54) is 0 Å². The Morgan fingerprint density at radius 3 is 3.00 bits per heavy atom. The minimum atomic E-state index is 0.218. The fourth-order valence-electron chi connectivity index (χ4n) is 1.79. The van der Waals surface area contributed by atoms with E-state index in [-0.39, 0.29) is 6.04 Å². The molecule has 0 aliphatic heterocycles. The molecule has 1 rings (SSSR count). The number of hydrogen-bond donors (Lipinski definition) is 2. The molecule has 0 aromatic rings. The minimum absolute atomic E-state index is 0.218. The second-order valence-corrected chi connectivity index (χ2v) is 3.94. The summed E-state index contributed by atoms with van der Waals surface area (Å²) in [6.45, 7) is 3.23. The van der Waals surface area contributed by atoms with Crippen molar-refractivity contribution in [2.45, 2.75) is 25.8 Å². The van der Waals surface area contributed by atoms with Gasteiger partial charge in [-0.15, -0.1) is 0 Å². The van der Waals surface area contributed by atoms with E-state index in [1.807, 2.05) is 13.1 Å². The maximum atomic E-state index is 6.12. The first kappa shape index (κ1) is 11.3. The molecule has 2 heteroatoms. The first-order valence-electron chi connectivity index (χ1n) is 5.33. The van der Waals surface area contributed by atoms with Crippen molar-refractivity contribution < 1.29 is 0 Å². The van der Waals surface area contributed by atoms with Crippen LogP contribution in [0.5, 0.6) is 0 Å². The molecule has 1 aliphatic rings. The highest BCUT2D eigenvalue weighted by atomic mass is 14.8. The Hall–Kier alpha value is -0.780. The number of hydrogen-bond acceptors (Lipinski definition) is 2. The predicted octanol–water partition coefficient (Wildman–Crippen LogP) is 1.14. The molecule has 1 aliphatic carbocycles. The number of rotatable bonds is 5. The Morgan fingerprint density at radius 2 is 2.36 bits per heavy atom. The van der Waals surface area contributed by atoms with Crippen LogP contribution >= 0.6 is 0 Å². The summed E-state index contributed by atoms with van der Waals surface area (Å²) in [7, 11) is 1.97. The van der Waals surface area contributed by atoms with Crippen LogP contribution in [0.4, 0.5) is 0 Å². The van der Waals surface area contributed by atoms with Gasteiger partial charge in [-0.1, -0.05) is 24.8 Å². The van der Waals surface area contributed by atoms with Gasteiger partial charge >= 0.3 is 0 Å². The lowest BCUT2D eigenvalue weighted by Gasteiger charge is -2.24. The van der Waals surface area contributed by atoms with Crippen molar-refractivity contribution in [2.24, 2.45) is 17.6 Å². The number of nitrogens with one attached hydrogen (secondary N) is 1. The van der Waals surface area contributed by atoms with Crippen LogP contribution in [0.3, 0.4) is 0 Å². The fourth-order valence-corrected chi connectivity index (χ4v) is 1.79. The molecule has 0 heterocycles. The topological polar surface area (TPSA) is 38.0 Å². The zero-order chi connectivity index (χ0) is 10.4. The highest BCUT2D eigenvalue weighted by molar-refractivity contribution is 5.25. The first-order chi connectivity index (χ1) is 6.75. The van der Waals surface area contributed by atoms with Gasteiger partial charge in [0.25, 0.3) is 0 Å². The summed E-state index contributed by atoms with van der Waals surface area (Å²) in [6.07, 6.45) is 6.27. The Balaban J connectivity index is 2.35. The highest BCUT2D eigenvalue weighted by Gasteiger charge is 2.21. The van der Waals surface area contributed by atoms with Crippen molar-refractivity contribution >= 4 is 0 Å². The Bertz CT molecular complexity index is 247. The molecule has 2 nitrogen and oxygen atoms in total. The molecule has 0 aromatic carbocycles. The van der Waals surface area contributed by atoms with Crippen LogP contribution in [0.15, 0.2) is 12.2 Å². The normalized spacial score (nSPS) is 26.8. The van der Waals surface area contributed by atoms with Gasteiger partial charge in [0.2, 0.25) is 0 Å². The molecule has 0 spiro atoms. The number of nitrogens with two attached hydrogens (primary N) is 1. The van der Waals surface area contributed by atoms with Gasteiger partial charge in [-0.05, 0) is 38.4 Å². The minimum Gasteiger partial charge on any atom is -0.327 e. The van der Waals surface area contributed by atoms with Gasteiger partial charge in [-0.2, -0.15) is 0 Å². The van der Waals surface area contributed by atoms with Crippen LogP contribution in [0.1, 0.15) is 19.8 Å². The average molecular weight is 192 g/mol. The molecule has 0 amide bonds. The molecular formula is C12H20N2. The average Bonchev–Trinajstić information content (AvgIpc) is 2.18. The van der Waals surface area contributed by atoms with E-state index >= 15 is 0 Å². The van der Waals surface area contributed by atoms with E-state index in [0.717, 1.165) is 19.4 Å². The van der Waals surface area contributed by atoms with E-state index in [4.69, 9.17) is 5.73 Å². The van der Waals surface area contributed by atoms with Crippen molar-refractivity contribution in [3.05, 3.63) is 12.2 Å². The first-order valence-corrected chi connectivity index (χ1v) is 5.33. The van der Waals surface area contributed by atoms with E-state index < -0.39 is 0 Å². The summed E-state index contributed by atoms with van der Waals surface area (Å²) in [6, 6.07) is 0.218. The monoisotopic (exact) mass is 192 g/mol. The molecule has 78 valence electrons. The molecule has 3 unspecified atom stereocenters. The summed E-state index contributed by atoms with van der Waals surface area (Å²) in [5, 5.41) is 3.13. The predicted molar refractivity (Wildman–Crippen MR) is 60.7 cm³/mol. The second kappa shape index (κ2) is 5.85. The van der Waals surface area contributed by atoms with Crippen molar-refractivity contribution in [1.29, 1.82) is 0 Å². The van der Waals surface area contributed by atoms with Crippen LogP contribution in [0.2, 0.25) is 0 Å². The lowest BCUT2D eigenvalue weighted by atomic mass is 9.84. The van der Waals surface area contributed by atoms with Gasteiger partial charge in [0.05, 0.1) is 0 Å². The van der Waals surface area contributed by atoms with Crippen LogP contribution in [0, 0.1) is 23.7 Å². The molecular weight excluding hydrogens is 172 g/mol. The van der Waals surface area contributed by atoms with Crippen molar-refractivity contribution in [2.75, 3.05) is 13.6 Å². The molecule has 0 aromatic heterocycles. The molecule has 3 atom stereocenters. The molecule has 3 N–H and O–H groups in total. The zero-order valence-electron chi connectivity index (χ0n) is 9.09. The van der Waals surface area contributed by atoms with Gasteiger partial charge in [0.15, 0.2) is 0 Å². The van der Waals surface area contributed by atoms with Crippen LogP contribution in [-0.4, -0.2) is 19.6 Å². The summed E-state index contributed by atoms with van der Waals surface area (Å²) < 4.78 is 0. The third-order valence-electron chi connectivity index (χ3n) is 2.73. The fraction of sp³-hybridized carbons (Fsp3) is 0.667. The largest absolute Gasteiger partial charge is 0.327 e. The van der Waals surface area contributed by atoms with Gasteiger partial charge in [0.1, 0.15) is 0 Å². The maximum absolute atomic E-state index is 6.12. The molecule has 0 saturated carbocycles. The molecule has 0 bridgehead atoms. The summed E-state index contributed by atoms with van der Waals surface area (Å²) in [5.74, 6) is 7.07. The molecule has 14 heavy (non-hydrogen) atoms. The van der Waals surface area contributed by atoms with E-state index in [9.17, 15) is 0 Å². The van der Waals surface area contributed by atoms with Gasteiger partial charge in [0, 0.05) is 12.0 Å². The Labute approximate surface area is 86.9 Å². The third kappa shape index (κ3) is 3.17. The quantitative estimate of drug-likeness (QED) is 0.506. The molecule has 0 radical (unpaired) electrons. The zero-order valence-corrected chi connectivity index (χ0v) is 9.09. The summed E-state index contributed by atoms with van der Waals surface area (Å²) in [5.41, 5.74) is 6.12. The SMILES string of the molecule is CNCCCC(N)C1C#CC=CC1C. The van der Waals surface area contributed by atoms with E-state index in [0.29, 0.717) is 11.8 Å². The summed E-state index contributed by atoms with van der Waals surface area (Å²) in [4.78, 5) is 0. The Kier molecular flexibility index (Phi) is 4.72. The summed E-state index contributed by atoms with van der Waals surface area (Å²) >= 11 is 0. The third-order valence-corrected chi connectivity index (χ3v) is 2.73. The van der Waals surface area contributed by atoms with E-state index in [2.05, 4.69) is 30.2 Å². The second-order valence-electron chi connectivity index (χ2n) is 3.94. The standard InChI is InChI=1S/C12H20N2/c1-10-6-3-4-7-11(10)12(13)8-5-9-14-2/h3,6,10-12,14H,5,8-9,13H2,1-2H3. The molecule has 0 fully saturated rings.